The summed E-state index contributed by atoms with van der Waals surface area (Å²) in [5.74, 6) is 1.57. The van der Waals surface area contributed by atoms with Gasteiger partial charge in [0.15, 0.2) is 11.5 Å². The number of amides is 3. The van der Waals surface area contributed by atoms with Gasteiger partial charge in [-0.3, -0.25) is 4.79 Å². The molecule has 0 atom stereocenters. The summed E-state index contributed by atoms with van der Waals surface area (Å²) in [6.07, 6.45) is 4.67. The summed E-state index contributed by atoms with van der Waals surface area (Å²) in [7, 11) is 0. The first kappa shape index (κ1) is 16.4. The van der Waals surface area contributed by atoms with Crippen molar-refractivity contribution in [2.75, 3.05) is 6.79 Å². The lowest BCUT2D eigenvalue weighted by Crippen LogP contribution is -2.49. The van der Waals surface area contributed by atoms with Gasteiger partial charge in [-0.1, -0.05) is 6.92 Å². The lowest BCUT2D eigenvalue weighted by atomic mass is 9.77. The van der Waals surface area contributed by atoms with Gasteiger partial charge < -0.3 is 14.8 Å². The molecule has 1 saturated carbocycles. The molecule has 1 aliphatic carbocycles. The zero-order valence-electron chi connectivity index (χ0n) is 13.8. The molecule has 1 spiro atoms. The van der Waals surface area contributed by atoms with E-state index < -0.39 is 11.6 Å². The number of benzene rings is 1. The van der Waals surface area contributed by atoms with Crippen LogP contribution in [0.3, 0.4) is 0 Å². The minimum Gasteiger partial charge on any atom is -0.454 e. The summed E-state index contributed by atoms with van der Waals surface area (Å²) in [5, 5.41) is 7.92. The number of urea groups is 1. The number of hydrazone groups is 1. The summed E-state index contributed by atoms with van der Waals surface area (Å²) < 4.78 is 11.4. The van der Waals surface area contributed by atoms with Gasteiger partial charge in [-0.15, -0.1) is 5.01 Å². The Morgan fingerprint density at radius 2 is 1.96 bits per heavy atom. The third-order valence-corrected chi connectivity index (χ3v) is 5.76. The zero-order chi connectivity index (χ0) is 17.6. The van der Waals surface area contributed by atoms with Gasteiger partial charge in [0, 0.05) is 10.0 Å². The topological polar surface area (TPSA) is 80.2 Å². The van der Waals surface area contributed by atoms with Crippen molar-refractivity contribution in [3.63, 3.8) is 0 Å². The van der Waals surface area contributed by atoms with Crippen molar-refractivity contribution < 1.29 is 19.1 Å². The Kier molecular flexibility index (Phi) is 3.94. The fourth-order valence-electron chi connectivity index (χ4n) is 3.46. The molecule has 4 rings (SSSR count). The van der Waals surface area contributed by atoms with E-state index in [9.17, 15) is 9.59 Å². The molecule has 0 bridgehead atoms. The molecule has 7 nitrogen and oxygen atoms in total. The minimum absolute atomic E-state index is 0.177. The van der Waals surface area contributed by atoms with Gasteiger partial charge in [0.2, 0.25) is 6.79 Å². The highest BCUT2D eigenvalue weighted by atomic mass is 79.9. The second-order valence-corrected chi connectivity index (χ2v) is 7.64. The van der Waals surface area contributed by atoms with E-state index in [-0.39, 0.29) is 12.7 Å². The van der Waals surface area contributed by atoms with Crippen molar-refractivity contribution >= 4 is 34.1 Å². The van der Waals surface area contributed by atoms with Crippen molar-refractivity contribution in [2.45, 2.75) is 38.1 Å². The van der Waals surface area contributed by atoms with Crippen LogP contribution in [0.4, 0.5) is 4.79 Å². The number of nitrogens with zero attached hydrogens (tertiary/aromatic N) is 2. The van der Waals surface area contributed by atoms with Crippen LogP contribution in [0.1, 0.15) is 38.2 Å². The van der Waals surface area contributed by atoms with Crippen LogP contribution in [0, 0.1) is 5.92 Å². The Labute approximate surface area is 153 Å². The number of fused-ring (bicyclic) bond motifs is 1. The van der Waals surface area contributed by atoms with Crippen LogP contribution in [-0.2, 0) is 4.79 Å². The molecule has 2 fully saturated rings. The monoisotopic (exact) mass is 407 g/mol. The molecule has 8 heteroatoms. The van der Waals surface area contributed by atoms with E-state index in [1.54, 1.807) is 12.1 Å². The Balaban J connectivity index is 1.56. The van der Waals surface area contributed by atoms with Gasteiger partial charge in [-0.2, -0.15) is 5.10 Å². The quantitative estimate of drug-likeness (QED) is 0.603. The molecule has 132 valence electrons. The predicted molar refractivity (Wildman–Crippen MR) is 93.6 cm³/mol. The summed E-state index contributed by atoms with van der Waals surface area (Å²) >= 11 is 3.44. The van der Waals surface area contributed by atoms with Crippen LogP contribution in [0.15, 0.2) is 21.7 Å². The number of imide groups is 1. The van der Waals surface area contributed by atoms with Crippen LogP contribution < -0.4 is 14.8 Å². The Hall–Kier alpha value is -2.09. The van der Waals surface area contributed by atoms with Crippen LogP contribution >= 0.6 is 15.9 Å². The maximum atomic E-state index is 12.8. The minimum atomic E-state index is -0.785. The molecular formula is C17H18BrN3O4. The molecule has 1 aromatic rings. The lowest BCUT2D eigenvalue weighted by molar-refractivity contribution is -0.132. The molecule has 1 saturated heterocycles. The molecular weight excluding hydrogens is 390 g/mol. The molecule has 3 amide bonds. The van der Waals surface area contributed by atoms with Crippen molar-refractivity contribution in [2.24, 2.45) is 11.0 Å². The number of halogens is 1. The fourth-order valence-corrected chi connectivity index (χ4v) is 3.88. The van der Waals surface area contributed by atoms with Gasteiger partial charge in [0.25, 0.3) is 5.91 Å². The van der Waals surface area contributed by atoms with E-state index in [4.69, 9.17) is 9.47 Å². The van der Waals surface area contributed by atoms with Crippen LogP contribution in [0.5, 0.6) is 11.5 Å². The summed E-state index contributed by atoms with van der Waals surface area (Å²) in [5.41, 5.74) is -0.0874. The number of hydrogen-bond donors (Lipinski definition) is 1. The Bertz CT molecular complexity index is 771. The van der Waals surface area contributed by atoms with Gasteiger partial charge in [-0.25, -0.2) is 4.79 Å². The van der Waals surface area contributed by atoms with Crippen molar-refractivity contribution in [1.29, 1.82) is 0 Å². The summed E-state index contributed by atoms with van der Waals surface area (Å²) in [4.78, 5) is 25.0. The predicted octanol–water partition coefficient (Wildman–Crippen LogP) is 3.01. The number of hydrogen-bond acceptors (Lipinski definition) is 5. The fraction of sp³-hybridized carbons (Fsp3) is 0.471. The maximum absolute atomic E-state index is 12.8. The number of carbonyl (C=O) groups excluding carboxylic acids is 2. The largest absolute Gasteiger partial charge is 0.454 e. The van der Waals surface area contributed by atoms with Gasteiger partial charge >= 0.3 is 6.03 Å². The highest BCUT2D eigenvalue weighted by Gasteiger charge is 2.52. The van der Waals surface area contributed by atoms with E-state index >= 15 is 0 Å². The third kappa shape index (κ3) is 2.78. The molecule has 0 unspecified atom stereocenters. The second-order valence-electron chi connectivity index (χ2n) is 6.78. The number of ether oxygens (including phenoxy) is 2. The number of carbonyl (C=O) groups is 2. The molecule has 25 heavy (non-hydrogen) atoms. The van der Waals surface area contributed by atoms with E-state index in [2.05, 4.69) is 33.3 Å². The molecule has 0 radical (unpaired) electrons. The molecule has 3 aliphatic rings. The molecule has 2 aliphatic heterocycles. The molecule has 1 aromatic carbocycles. The summed E-state index contributed by atoms with van der Waals surface area (Å²) in [6, 6.07) is 3.07. The number of nitrogens with one attached hydrogen (secondary N) is 1. The first-order valence-corrected chi connectivity index (χ1v) is 9.08. The smallest absolute Gasteiger partial charge is 0.346 e. The Morgan fingerprint density at radius 3 is 2.68 bits per heavy atom. The standard InChI is InChI=1S/C17H18BrN3O4/c1-10-2-4-17(5-3-10)15(22)21(16(23)20-17)19-8-11-6-13-14(7-12(11)18)25-9-24-13/h6-8,10H,2-5,9H2,1H3,(H,20,23)/b19-8+. The van der Waals surface area contributed by atoms with E-state index in [0.717, 1.165) is 22.3 Å². The van der Waals surface area contributed by atoms with E-state index in [1.165, 1.54) is 6.21 Å². The maximum Gasteiger partial charge on any atom is 0.346 e. The van der Waals surface area contributed by atoms with Crippen LogP contribution in [0.25, 0.3) is 0 Å². The van der Waals surface area contributed by atoms with Crippen molar-refractivity contribution in [1.82, 2.24) is 10.3 Å². The molecule has 2 heterocycles. The van der Waals surface area contributed by atoms with E-state index in [0.29, 0.717) is 35.8 Å². The Morgan fingerprint density at radius 1 is 1.28 bits per heavy atom. The SMILES string of the molecule is CC1CCC2(CC1)NC(=O)N(/N=C/c1cc3c(cc1Br)OCO3)C2=O. The van der Waals surface area contributed by atoms with Crippen molar-refractivity contribution in [3.8, 4) is 11.5 Å². The van der Waals surface area contributed by atoms with Crippen molar-refractivity contribution in [3.05, 3.63) is 22.2 Å². The van der Waals surface area contributed by atoms with E-state index in [1.807, 2.05) is 0 Å². The van der Waals surface area contributed by atoms with Crippen LogP contribution in [0.2, 0.25) is 0 Å². The third-order valence-electron chi connectivity index (χ3n) is 5.07. The first-order valence-electron chi connectivity index (χ1n) is 8.28. The molecule has 0 aromatic heterocycles. The first-order chi connectivity index (χ1) is 12.0. The summed E-state index contributed by atoms with van der Waals surface area (Å²) in [6.45, 7) is 2.34. The van der Waals surface area contributed by atoms with Gasteiger partial charge in [0.05, 0.1) is 6.21 Å². The highest BCUT2D eigenvalue weighted by Crippen LogP contribution is 2.38. The second kappa shape index (κ2) is 6.01. The highest BCUT2D eigenvalue weighted by molar-refractivity contribution is 9.10. The molecule has 1 N–H and O–H groups in total. The zero-order valence-corrected chi connectivity index (χ0v) is 15.3. The van der Waals surface area contributed by atoms with Crippen LogP contribution in [-0.4, -0.2) is 35.5 Å². The van der Waals surface area contributed by atoms with Gasteiger partial charge in [0.1, 0.15) is 5.54 Å². The normalized spacial score (nSPS) is 28.2. The van der Waals surface area contributed by atoms with Gasteiger partial charge in [-0.05, 0) is 59.7 Å². The lowest BCUT2D eigenvalue weighted by Gasteiger charge is -2.33. The number of rotatable bonds is 2. The average molecular weight is 408 g/mol. The average Bonchev–Trinajstić information content (AvgIpc) is 3.12.